The first-order valence-corrected chi connectivity index (χ1v) is 8.70. The zero-order valence-electron chi connectivity index (χ0n) is 15.1. The summed E-state index contributed by atoms with van der Waals surface area (Å²) >= 11 is 5.84. The summed E-state index contributed by atoms with van der Waals surface area (Å²) in [7, 11) is 0. The molecule has 3 rings (SSSR count). The number of phenolic OH excluding ortho intramolecular Hbond substituents is 1. The van der Waals surface area contributed by atoms with Crippen molar-refractivity contribution >= 4 is 17.5 Å². The molecule has 0 aliphatic rings. The van der Waals surface area contributed by atoms with Gasteiger partial charge in [0.05, 0.1) is 23.9 Å². The van der Waals surface area contributed by atoms with Crippen LogP contribution in [-0.2, 0) is 18.9 Å². The number of aromatic hydroxyl groups is 1. The van der Waals surface area contributed by atoms with E-state index in [2.05, 4.69) is 15.6 Å². The number of rotatable bonds is 4. The molecule has 2 N–H and O–H groups in total. The van der Waals surface area contributed by atoms with Gasteiger partial charge in [-0.25, -0.2) is 4.68 Å². The zero-order valence-corrected chi connectivity index (χ0v) is 15.8. The van der Waals surface area contributed by atoms with Gasteiger partial charge in [-0.2, -0.15) is 26.3 Å². The van der Waals surface area contributed by atoms with E-state index in [9.17, 15) is 36.2 Å². The molecule has 0 fully saturated rings. The number of nitrogens with one attached hydrogen (secondary N) is 1. The minimum absolute atomic E-state index is 0.0696. The van der Waals surface area contributed by atoms with Gasteiger partial charge in [0.2, 0.25) is 0 Å². The number of hydrogen-bond acceptors (Lipinski definition) is 4. The van der Waals surface area contributed by atoms with E-state index in [-0.39, 0.29) is 29.7 Å². The van der Waals surface area contributed by atoms with Gasteiger partial charge in [-0.1, -0.05) is 16.8 Å². The van der Waals surface area contributed by atoms with Gasteiger partial charge >= 0.3 is 12.4 Å². The SMILES string of the molecule is O=C(NCc1cn(-c2cc(Cl)ccc2O)nn1)c1cc(C(F)(F)F)cc(C(F)(F)F)c1. The molecule has 0 spiro atoms. The summed E-state index contributed by atoms with van der Waals surface area (Å²) in [5, 5.41) is 19.8. The molecule has 3 aromatic rings. The second-order valence-corrected chi connectivity index (χ2v) is 6.70. The van der Waals surface area contributed by atoms with Crippen molar-refractivity contribution in [3.05, 3.63) is 70.0 Å². The minimum Gasteiger partial charge on any atom is -0.506 e. The Labute approximate surface area is 175 Å². The second kappa shape index (κ2) is 8.10. The molecule has 2 aromatic carbocycles. The molecule has 31 heavy (non-hydrogen) atoms. The fourth-order valence-electron chi connectivity index (χ4n) is 2.54. The number of aromatic nitrogens is 3. The van der Waals surface area contributed by atoms with Gasteiger partial charge in [0.25, 0.3) is 5.91 Å². The number of halogens is 7. The molecule has 0 unspecified atom stereocenters. The molecule has 0 radical (unpaired) electrons. The Balaban J connectivity index is 1.80. The van der Waals surface area contributed by atoms with Crippen molar-refractivity contribution in [3.63, 3.8) is 0 Å². The number of carbonyl (C=O) groups excluding carboxylic acids is 1. The van der Waals surface area contributed by atoms with Crippen LogP contribution in [0.5, 0.6) is 5.75 Å². The molecule has 1 aromatic heterocycles. The third kappa shape index (κ3) is 5.26. The largest absolute Gasteiger partial charge is 0.506 e. The van der Waals surface area contributed by atoms with Gasteiger partial charge in [0.1, 0.15) is 17.1 Å². The lowest BCUT2D eigenvalue weighted by molar-refractivity contribution is -0.143. The third-order valence-electron chi connectivity index (χ3n) is 4.01. The summed E-state index contributed by atoms with van der Waals surface area (Å²) in [4.78, 5) is 12.2. The molecule has 164 valence electrons. The van der Waals surface area contributed by atoms with Crippen LogP contribution in [0, 0.1) is 0 Å². The summed E-state index contributed by atoms with van der Waals surface area (Å²) in [5.74, 6) is -1.34. The van der Waals surface area contributed by atoms with E-state index in [1.165, 1.54) is 24.4 Å². The van der Waals surface area contributed by atoms with Crippen LogP contribution < -0.4 is 5.32 Å². The van der Waals surface area contributed by atoms with Crippen LogP contribution in [0.15, 0.2) is 42.6 Å². The maximum Gasteiger partial charge on any atom is 0.416 e. The molecule has 6 nitrogen and oxygen atoms in total. The Hall–Kier alpha value is -3.28. The Bertz CT molecular complexity index is 1090. The fourth-order valence-corrected chi connectivity index (χ4v) is 2.70. The quantitative estimate of drug-likeness (QED) is 0.553. The van der Waals surface area contributed by atoms with Gasteiger partial charge < -0.3 is 10.4 Å². The van der Waals surface area contributed by atoms with Gasteiger partial charge in [0.15, 0.2) is 0 Å². The predicted octanol–water partition coefficient (Wildman–Crippen LogP) is 4.59. The highest BCUT2D eigenvalue weighted by molar-refractivity contribution is 6.30. The molecule has 1 amide bonds. The van der Waals surface area contributed by atoms with E-state index in [0.717, 1.165) is 4.68 Å². The van der Waals surface area contributed by atoms with Crippen molar-refractivity contribution in [2.24, 2.45) is 0 Å². The summed E-state index contributed by atoms with van der Waals surface area (Å²) < 4.78 is 78.7. The number of benzene rings is 2. The van der Waals surface area contributed by atoms with Crippen LogP contribution in [0.4, 0.5) is 26.3 Å². The Morgan fingerprint density at radius 1 is 1.03 bits per heavy atom. The fraction of sp³-hybridized carbons (Fsp3) is 0.167. The molecular formula is C18H11ClF6N4O2. The zero-order chi connectivity index (χ0) is 23.0. The smallest absolute Gasteiger partial charge is 0.416 e. The van der Waals surface area contributed by atoms with Gasteiger partial charge in [-0.05, 0) is 36.4 Å². The molecule has 0 bridgehead atoms. The number of nitrogens with zero attached hydrogens (tertiary/aromatic N) is 3. The first-order chi connectivity index (χ1) is 14.3. The lowest BCUT2D eigenvalue weighted by atomic mass is 10.0. The number of phenols is 1. The van der Waals surface area contributed by atoms with E-state index < -0.39 is 35.0 Å². The topological polar surface area (TPSA) is 80.0 Å². The van der Waals surface area contributed by atoms with Crippen LogP contribution >= 0.6 is 11.6 Å². The highest BCUT2D eigenvalue weighted by Crippen LogP contribution is 2.36. The average Bonchev–Trinajstić information content (AvgIpc) is 3.15. The first-order valence-electron chi connectivity index (χ1n) is 8.32. The normalized spacial score (nSPS) is 12.1. The summed E-state index contributed by atoms with van der Waals surface area (Å²) in [6, 6.07) is 4.71. The van der Waals surface area contributed by atoms with E-state index in [1.54, 1.807) is 0 Å². The Morgan fingerprint density at radius 2 is 1.65 bits per heavy atom. The highest BCUT2D eigenvalue weighted by Gasteiger charge is 2.37. The van der Waals surface area contributed by atoms with E-state index >= 15 is 0 Å². The standard InChI is InChI=1S/C18H11ClF6N4O2/c19-12-1-2-15(30)14(6-12)29-8-13(27-28-29)7-26-16(31)9-3-10(17(20,21)22)5-11(4-9)18(23,24)25/h1-6,8,30H,7H2,(H,26,31). The highest BCUT2D eigenvalue weighted by atomic mass is 35.5. The molecule has 0 saturated heterocycles. The summed E-state index contributed by atoms with van der Waals surface area (Å²) in [5.41, 5.74) is -3.73. The molecule has 0 atom stereocenters. The van der Waals surface area contributed by atoms with Crippen LogP contribution in [0.2, 0.25) is 5.02 Å². The molecule has 0 aliphatic heterocycles. The maximum absolute atomic E-state index is 12.9. The summed E-state index contributed by atoms with van der Waals surface area (Å²) in [6.07, 6.45) is -8.85. The maximum atomic E-state index is 12.9. The van der Waals surface area contributed by atoms with E-state index in [0.29, 0.717) is 17.2 Å². The number of carbonyl (C=O) groups is 1. The van der Waals surface area contributed by atoms with Crippen molar-refractivity contribution in [3.8, 4) is 11.4 Å². The number of amides is 1. The van der Waals surface area contributed by atoms with Gasteiger partial charge in [0, 0.05) is 10.6 Å². The molecule has 1 heterocycles. The minimum atomic E-state index is -5.07. The van der Waals surface area contributed by atoms with Crippen LogP contribution in [0.1, 0.15) is 27.2 Å². The first kappa shape index (κ1) is 22.4. The van der Waals surface area contributed by atoms with Crippen molar-refractivity contribution in [2.45, 2.75) is 18.9 Å². The third-order valence-corrected chi connectivity index (χ3v) is 4.24. The van der Waals surface area contributed by atoms with Crippen LogP contribution in [0.25, 0.3) is 5.69 Å². The number of alkyl halides is 6. The monoisotopic (exact) mass is 464 g/mol. The van der Waals surface area contributed by atoms with E-state index in [4.69, 9.17) is 11.6 Å². The van der Waals surface area contributed by atoms with Crippen LogP contribution in [0.3, 0.4) is 0 Å². The predicted molar refractivity (Wildman–Crippen MR) is 95.7 cm³/mol. The van der Waals surface area contributed by atoms with Crippen molar-refractivity contribution < 1.29 is 36.2 Å². The summed E-state index contributed by atoms with van der Waals surface area (Å²) in [6.45, 7) is -0.349. The van der Waals surface area contributed by atoms with Crippen LogP contribution in [-0.4, -0.2) is 26.0 Å². The lowest BCUT2D eigenvalue weighted by Gasteiger charge is -2.14. The van der Waals surface area contributed by atoms with Crippen molar-refractivity contribution in [2.75, 3.05) is 0 Å². The lowest BCUT2D eigenvalue weighted by Crippen LogP contribution is -2.24. The van der Waals surface area contributed by atoms with Gasteiger partial charge in [-0.15, -0.1) is 5.10 Å². The van der Waals surface area contributed by atoms with Crippen molar-refractivity contribution in [1.29, 1.82) is 0 Å². The molecule has 0 aliphatic carbocycles. The Morgan fingerprint density at radius 3 is 2.23 bits per heavy atom. The number of hydrogen-bond donors (Lipinski definition) is 2. The van der Waals surface area contributed by atoms with Gasteiger partial charge in [-0.3, -0.25) is 4.79 Å². The Kier molecular flexibility index (Phi) is 5.85. The molecule has 13 heteroatoms. The average molecular weight is 465 g/mol. The second-order valence-electron chi connectivity index (χ2n) is 6.26. The van der Waals surface area contributed by atoms with E-state index in [1.807, 2.05) is 0 Å². The molecular weight excluding hydrogens is 454 g/mol. The van der Waals surface area contributed by atoms with Crippen molar-refractivity contribution in [1.82, 2.24) is 20.3 Å². The molecule has 0 saturated carbocycles.